The number of carbonyl (C=O) groups is 1. The summed E-state index contributed by atoms with van der Waals surface area (Å²) in [6.45, 7) is 0.537. The Morgan fingerprint density at radius 2 is 1.68 bits per heavy atom. The van der Waals surface area contributed by atoms with Gasteiger partial charge in [-0.1, -0.05) is 38.5 Å². The number of amides is 1. The molecule has 3 rings (SSSR count). The summed E-state index contributed by atoms with van der Waals surface area (Å²) in [7, 11) is 0. The summed E-state index contributed by atoms with van der Waals surface area (Å²) >= 11 is 1.49. The van der Waals surface area contributed by atoms with E-state index in [0.717, 1.165) is 5.13 Å². The van der Waals surface area contributed by atoms with Gasteiger partial charge >= 0.3 is 0 Å². The zero-order chi connectivity index (χ0) is 15.2. The Kier molecular flexibility index (Phi) is 5.84. The van der Waals surface area contributed by atoms with Crippen LogP contribution in [0.4, 0.5) is 5.13 Å². The summed E-state index contributed by atoms with van der Waals surface area (Å²) in [4.78, 5) is 19.1. The second kappa shape index (κ2) is 8.06. The molecular weight excluding hydrogens is 294 g/mol. The Bertz CT molecular complexity index is 432. The average Bonchev–Trinajstić information content (AvgIpc) is 3.07. The molecule has 4 nitrogen and oxygen atoms in total. The van der Waals surface area contributed by atoms with Gasteiger partial charge < -0.3 is 5.32 Å². The first-order valence-corrected chi connectivity index (χ1v) is 9.66. The van der Waals surface area contributed by atoms with E-state index in [9.17, 15) is 4.79 Å². The molecule has 0 aliphatic heterocycles. The molecule has 1 amide bonds. The summed E-state index contributed by atoms with van der Waals surface area (Å²) in [6, 6.07) is 1.22. The van der Waals surface area contributed by atoms with Crippen LogP contribution in [0.15, 0.2) is 11.6 Å². The molecule has 22 heavy (non-hydrogen) atoms. The van der Waals surface area contributed by atoms with Crippen LogP contribution in [0.2, 0.25) is 0 Å². The predicted molar refractivity (Wildman–Crippen MR) is 91.2 cm³/mol. The molecule has 2 saturated carbocycles. The number of rotatable bonds is 5. The predicted octanol–water partition coefficient (Wildman–Crippen LogP) is 4.05. The van der Waals surface area contributed by atoms with Crippen molar-refractivity contribution in [3.8, 4) is 0 Å². The van der Waals surface area contributed by atoms with Crippen LogP contribution in [0.1, 0.15) is 64.2 Å². The molecule has 2 aliphatic carbocycles. The Morgan fingerprint density at radius 3 is 2.18 bits per heavy atom. The van der Waals surface area contributed by atoms with Crippen molar-refractivity contribution in [2.24, 2.45) is 0 Å². The van der Waals surface area contributed by atoms with Gasteiger partial charge in [-0.3, -0.25) is 9.69 Å². The molecule has 0 spiro atoms. The molecule has 0 saturated heterocycles. The van der Waals surface area contributed by atoms with Crippen LogP contribution >= 0.6 is 11.3 Å². The van der Waals surface area contributed by atoms with Crippen LogP contribution in [0.25, 0.3) is 0 Å². The molecule has 0 aromatic carbocycles. The standard InChI is InChI=1S/C17H27N3OS/c21-16(19-17-18-11-12-22-17)13-20(14-7-3-1-4-8-14)15-9-5-2-6-10-15/h11-12,14-15H,1-10,13H2,(H,18,19,21). The normalized spacial score (nSPS) is 21.1. The molecule has 2 fully saturated rings. The minimum absolute atomic E-state index is 0.103. The Morgan fingerprint density at radius 1 is 1.09 bits per heavy atom. The van der Waals surface area contributed by atoms with Crippen LogP contribution in [-0.2, 0) is 4.79 Å². The number of nitrogens with one attached hydrogen (secondary N) is 1. The Labute approximate surface area is 137 Å². The van der Waals surface area contributed by atoms with Crippen molar-refractivity contribution in [2.45, 2.75) is 76.3 Å². The molecule has 122 valence electrons. The van der Waals surface area contributed by atoms with E-state index in [4.69, 9.17) is 0 Å². The van der Waals surface area contributed by atoms with Gasteiger partial charge in [-0.05, 0) is 25.7 Å². The molecule has 0 radical (unpaired) electrons. The van der Waals surface area contributed by atoms with Crippen molar-refractivity contribution >= 4 is 22.4 Å². The fraction of sp³-hybridized carbons (Fsp3) is 0.765. The summed E-state index contributed by atoms with van der Waals surface area (Å²) in [5, 5.41) is 5.58. The SMILES string of the molecule is O=C(CN(C1CCCCC1)C1CCCCC1)Nc1nccs1. The first kappa shape index (κ1) is 15.9. The first-order chi connectivity index (χ1) is 10.8. The third-order valence-corrected chi connectivity index (χ3v) is 5.78. The van der Waals surface area contributed by atoms with Crippen molar-refractivity contribution in [1.82, 2.24) is 9.88 Å². The van der Waals surface area contributed by atoms with Crippen molar-refractivity contribution in [1.29, 1.82) is 0 Å². The quantitative estimate of drug-likeness (QED) is 0.890. The zero-order valence-corrected chi connectivity index (χ0v) is 14.1. The van der Waals surface area contributed by atoms with Gasteiger partial charge in [-0.2, -0.15) is 0 Å². The van der Waals surface area contributed by atoms with Crippen LogP contribution in [0.3, 0.4) is 0 Å². The fourth-order valence-electron chi connectivity index (χ4n) is 3.99. The maximum Gasteiger partial charge on any atom is 0.240 e. The molecule has 1 aromatic heterocycles. The molecule has 0 atom stereocenters. The lowest BCUT2D eigenvalue weighted by Gasteiger charge is -2.41. The number of anilines is 1. The maximum absolute atomic E-state index is 12.4. The minimum atomic E-state index is 0.103. The second-order valence-electron chi connectivity index (χ2n) is 6.64. The van der Waals surface area contributed by atoms with Crippen molar-refractivity contribution < 1.29 is 4.79 Å². The monoisotopic (exact) mass is 321 g/mol. The lowest BCUT2D eigenvalue weighted by atomic mass is 9.88. The highest BCUT2D eigenvalue weighted by Crippen LogP contribution is 2.30. The maximum atomic E-state index is 12.4. The molecule has 1 aromatic rings. The van der Waals surface area contributed by atoms with E-state index in [0.29, 0.717) is 18.6 Å². The topological polar surface area (TPSA) is 45.2 Å². The van der Waals surface area contributed by atoms with E-state index in [1.807, 2.05) is 5.38 Å². The van der Waals surface area contributed by atoms with Crippen LogP contribution < -0.4 is 5.32 Å². The van der Waals surface area contributed by atoms with E-state index >= 15 is 0 Å². The molecule has 5 heteroatoms. The number of thiazole rings is 1. The zero-order valence-electron chi connectivity index (χ0n) is 13.3. The number of hydrogen-bond acceptors (Lipinski definition) is 4. The smallest absolute Gasteiger partial charge is 0.240 e. The molecule has 0 bridgehead atoms. The second-order valence-corrected chi connectivity index (χ2v) is 7.54. The highest BCUT2D eigenvalue weighted by molar-refractivity contribution is 7.13. The minimum Gasteiger partial charge on any atom is -0.301 e. The number of nitrogens with zero attached hydrogens (tertiary/aromatic N) is 2. The van der Waals surface area contributed by atoms with Crippen LogP contribution in [0.5, 0.6) is 0 Å². The van der Waals surface area contributed by atoms with Crippen LogP contribution in [0, 0.1) is 0 Å². The van der Waals surface area contributed by atoms with Crippen molar-refractivity contribution in [2.75, 3.05) is 11.9 Å². The summed E-state index contributed by atoms with van der Waals surface area (Å²) in [5.41, 5.74) is 0. The Balaban J connectivity index is 1.62. The van der Waals surface area contributed by atoms with Gasteiger partial charge in [0.1, 0.15) is 0 Å². The molecular formula is C17H27N3OS. The highest BCUT2D eigenvalue weighted by Gasteiger charge is 2.30. The number of aromatic nitrogens is 1. The van der Waals surface area contributed by atoms with E-state index in [1.165, 1.54) is 75.5 Å². The summed E-state index contributed by atoms with van der Waals surface area (Å²) < 4.78 is 0. The molecule has 1 N–H and O–H groups in total. The van der Waals surface area contributed by atoms with Crippen molar-refractivity contribution in [3.63, 3.8) is 0 Å². The summed E-state index contributed by atoms with van der Waals surface area (Å²) in [5.74, 6) is 0.103. The number of carbonyl (C=O) groups excluding carboxylic acids is 1. The molecule has 1 heterocycles. The van der Waals surface area contributed by atoms with Gasteiger partial charge in [0.15, 0.2) is 5.13 Å². The molecule has 2 aliphatic rings. The third-order valence-electron chi connectivity index (χ3n) is 5.09. The van der Waals surface area contributed by atoms with Gasteiger partial charge in [0, 0.05) is 23.7 Å². The lowest BCUT2D eigenvalue weighted by molar-refractivity contribution is -0.119. The van der Waals surface area contributed by atoms with Gasteiger partial charge in [0.25, 0.3) is 0 Å². The lowest BCUT2D eigenvalue weighted by Crippen LogP contribution is -2.48. The average molecular weight is 321 g/mol. The van der Waals surface area contributed by atoms with Gasteiger partial charge in [-0.25, -0.2) is 4.98 Å². The van der Waals surface area contributed by atoms with Crippen LogP contribution in [-0.4, -0.2) is 34.4 Å². The van der Waals surface area contributed by atoms with Gasteiger partial charge in [0.05, 0.1) is 6.54 Å². The van der Waals surface area contributed by atoms with Crippen molar-refractivity contribution in [3.05, 3.63) is 11.6 Å². The van der Waals surface area contributed by atoms with E-state index < -0.39 is 0 Å². The summed E-state index contributed by atoms with van der Waals surface area (Å²) in [6.07, 6.45) is 14.8. The number of hydrogen-bond donors (Lipinski definition) is 1. The van der Waals surface area contributed by atoms with Gasteiger partial charge in [-0.15, -0.1) is 11.3 Å². The van der Waals surface area contributed by atoms with Gasteiger partial charge in [0.2, 0.25) is 5.91 Å². The first-order valence-electron chi connectivity index (χ1n) is 8.78. The highest BCUT2D eigenvalue weighted by atomic mass is 32.1. The third kappa shape index (κ3) is 4.29. The fourth-order valence-corrected chi connectivity index (χ4v) is 4.54. The molecule has 0 unspecified atom stereocenters. The van der Waals surface area contributed by atoms with E-state index in [2.05, 4.69) is 15.2 Å². The van der Waals surface area contributed by atoms with E-state index in [-0.39, 0.29) is 5.91 Å². The largest absolute Gasteiger partial charge is 0.301 e. The Hall–Kier alpha value is -0.940. The van der Waals surface area contributed by atoms with E-state index in [1.54, 1.807) is 6.20 Å².